The van der Waals surface area contributed by atoms with Gasteiger partial charge in [-0.1, -0.05) is 0 Å². The Morgan fingerprint density at radius 2 is 2.33 bits per heavy atom. The van der Waals surface area contributed by atoms with Crippen molar-refractivity contribution in [1.82, 2.24) is 5.32 Å². The standard InChI is InChI=1S/C10H10BrNO3/c1-14-9-4-6-8(5-7(9)11)15-3-2-12-10(6)13/h4-5H,2-3H2,1H3,(H,12,13). The Morgan fingerprint density at radius 1 is 1.53 bits per heavy atom. The summed E-state index contributed by atoms with van der Waals surface area (Å²) >= 11 is 3.34. The molecule has 4 nitrogen and oxygen atoms in total. The molecule has 1 aliphatic heterocycles. The first-order valence-electron chi connectivity index (χ1n) is 4.51. The molecule has 1 aromatic rings. The summed E-state index contributed by atoms with van der Waals surface area (Å²) in [5.41, 5.74) is 0.507. The molecule has 1 heterocycles. The first-order chi connectivity index (χ1) is 7.22. The van der Waals surface area contributed by atoms with Crippen LogP contribution in [-0.2, 0) is 0 Å². The molecule has 1 aromatic carbocycles. The summed E-state index contributed by atoms with van der Waals surface area (Å²) in [4.78, 5) is 11.6. The van der Waals surface area contributed by atoms with E-state index in [0.29, 0.717) is 30.2 Å². The van der Waals surface area contributed by atoms with Gasteiger partial charge in [-0.15, -0.1) is 0 Å². The Labute approximate surface area is 95.7 Å². The zero-order valence-electron chi connectivity index (χ0n) is 8.17. The van der Waals surface area contributed by atoms with Gasteiger partial charge in [-0.3, -0.25) is 4.79 Å². The van der Waals surface area contributed by atoms with Crippen LogP contribution in [0.4, 0.5) is 0 Å². The van der Waals surface area contributed by atoms with Crippen molar-refractivity contribution in [2.45, 2.75) is 0 Å². The number of benzene rings is 1. The second-order valence-corrected chi connectivity index (χ2v) is 3.94. The molecule has 0 aliphatic carbocycles. The number of carbonyl (C=O) groups is 1. The molecule has 0 radical (unpaired) electrons. The number of halogens is 1. The highest BCUT2D eigenvalue weighted by Crippen LogP contribution is 2.33. The van der Waals surface area contributed by atoms with Crippen LogP contribution in [0, 0.1) is 0 Å². The summed E-state index contributed by atoms with van der Waals surface area (Å²) in [5.74, 6) is 1.07. The average Bonchev–Trinajstić information content (AvgIpc) is 2.40. The van der Waals surface area contributed by atoms with Crippen molar-refractivity contribution in [3.05, 3.63) is 22.2 Å². The van der Waals surface area contributed by atoms with E-state index < -0.39 is 0 Å². The van der Waals surface area contributed by atoms with Crippen molar-refractivity contribution in [2.75, 3.05) is 20.3 Å². The van der Waals surface area contributed by atoms with Gasteiger partial charge in [0.2, 0.25) is 0 Å². The molecule has 2 rings (SSSR count). The molecule has 0 saturated carbocycles. The van der Waals surface area contributed by atoms with Gasteiger partial charge in [-0.25, -0.2) is 0 Å². The number of fused-ring (bicyclic) bond motifs is 1. The fourth-order valence-corrected chi connectivity index (χ4v) is 1.89. The summed E-state index contributed by atoms with van der Waals surface area (Å²) < 4.78 is 11.3. The number of hydrogen-bond donors (Lipinski definition) is 1. The minimum Gasteiger partial charge on any atom is -0.496 e. The third-order valence-corrected chi connectivity index (χ3v) is 2.76. The highest BCUT2D eigenvalue weighted by molar-refractivity contribution is 9.10. The molecule has 1 aliphatic rings. The highest BCUT2D eigenvalue weighted by Gasteiger charge is 2.18. The molecule has 1 amide bonds. The summed E-state index contributed by atoms with van der Waals surface area (Å²) in [6.07, 6.45) is 0. The molecule has 5 heteroatoms. The maximum Gasteiger partial charge on any atom is 0.255 e. The topological polar surface area (TPSA) is 47.6 Å². The number of amides is 1. The van der Waals surface area contributed by atoms with Gasteiger partial charge in [-0.2, -0.15) is 0 Å². The van der Waals surface area contributed by atoms with Gasteiger partial charge in [0.1, 0.15) is 18.1 Å². The van der Waals surface area contributed by atoms with Crippen molar-refractivity contribution >= 4 is 21.8 Å². The zero-order chi connectivity index (χ0) is 10.8. The second kappa shape index (κ2) is 4.10. The van der Waals surface area contributed by atoms with E-state index >= 15 is 0 Å². The van der Waals surface area contributed by atoms with E-state index in [1.165, 1.54) is 0 Å². The normalized spacial score (nSPS) is 14.7. The Bertz CT molecular complexity index is 406. The van der Waals surface area contributed by atoms with E-state index in [4.69, 9.17) is 9.47 Å². The lowest BCUT2D eigenvalue weighted by atomic mass is 10.2. The maximum atomic E-state index is 11.6. The minimum absolute atomic E-state index is 0.131. The molecule has 0 spiro atoms. The smallest absolute Gasteiger partial charge is 0.255 e. The summed E-state index contributed by atoms with van der Waals surface area (Å²) in [6.45, 7) is 1.00. The number of nitrogens with one attached hydrogen (secondary N) is 1. The van der Waals surface area contributed by atoms with Crippen LogP contribution >= 0.6 is 15.9 Å². The molecule has 0 aromatic heterocycles. The fourth-order valence-electron chi connectivity index (χ4n) is 1.41. The Balaban J connectivity index is 2.52. The molecular formula is C10H10BrNO3. The second-order valence-electron chi connectivity index (χ2n) is 3.09. The number of hydrogen-bond acceptors (Lipinski definition) is 3. The predicted molar refractivity (Wildman–Crippen MR) is 58.5 cm³/mol. The van der Waals surface area contributed by atoms with E-state index in [9.17, 15) is 4.79 Å². The van der Waals surface area contributed by atoms with Crippen molar-refractivity contribution in [2.24, 2.45) is 0 Å². The molecule has 80 valence electrons. The van der Waals surface area contributed by atoms with Gasteiger partial charge in [0, 0.05) is 0 Å². The maximum absolute atomic E-state index is 11.6. The van der Waals surface area contributed by atoms with Crippen molar-refractivity contribution in [3.8, 4) is 11.5 Å². The molecule has 0 unspecified atom stereocenters. The van der Waals surface area contributed by atoms with Gasteiger partial charge >= 0.3 is 0 Å². The fraction of sp³-hybridized carbons (Fsp3) is 0.300. The lowest BCUT2D eigenvalue weighted by Crippen LogP contribution is -2.24. The molecule has 0 saturated heterocycles. The van der Waals surface area contributed by atoms with Crippen molar-refractivity contribution < 1.29 is 14.3 Å². The Kier molecular flexibility index (Phi) is 2.81. The average molecular weight is 272 g/mol. The van der Waals surface area contributed by atoms with E-state index in [-0.39, 0.29) is 5.91 Å². The predicted octanol–water partition coefficient (Wildman–Crippen LogP) is 1.58. The molecule has 0 bridgehead atoms. The number of methoxy groups -OCH3 is 1. The van der Waals surface area contributed by atoms with Gasteiger partial charge in [0.05, 0.1) is 23.7 Å². The monoisotopic (exact) mass is 271 g/mol. The lowest BCUT2D eigenvalue weighted by molar-refractivity contribution is 0.0957. The van der Waals surface area contributed by atoms with Gasteiger partial charge < -0.3 is 14.8 Å². The number of ether oxygens (including phenoxy) is 2. The summed E-state index contributed by atoms with van der Waals surface area (Å²) in [5, 5.41) is 2.74. The van der Waals surface area contributed by atoms with E-state index in [0.717, 1.165) is 4.47 Å². The Morgan fingerprint density at radius 3 is 3.07 bits per heavy atom. The zero-order valence-corrected chi connectivity index (χ0v) is 9.76. The SMILES string of the molecule is COc1cc2c(cc1Br)OCCNC2=O. The van der Waals surface area contributed by atoms with Gasteiger partial charge in [0.15, 0.2) is 0 Å². The van der Waals surface area contributed by atoms with Crippen LogP contribution in [0.5, 0.6) is 11.5 Å². The Hall–Kier alpha value is -1.23. The van der Waals surface area contributed by atoms with Crippen molar-refractivity contribution in [1.29, 1.82) is 0 Å². The van der Waals surface area contributed by atoms with E-state index in [1.807, 2.05) is 0 Å². The third-order valence-electron chi connectivity index (χ3n) is 2.14. The highest BCUT2D eigenvalue weighted by atomic mass is 79.9. The quantitative estimate of drug-likeness (QED) is 0.844. The third kappa shape index (κ3) is 1.92. The van der Waals surface area contributed by atoms with Crippen LogP contribution in [0.15, 0.2) is 16.6 Å². The number of carbonyl (C=O) groups excluding carboxylic acids is 1. The summed E-state index contributed by atoms with van der Waals surface area (Å²) in [7, 11) is 1.56. The van der Waals surface area contributed by atoms with Gasteiger partial charge in [0.25, 0.3) is 5.91 Å². The molecule has 0 atom stereocenters. The minimum atomic E-state index is -0.131. The summed E-state index contributed by atoms with van der Waals surface area (Å²) in [6, 6.07) is 3.42. The van der Waals surface area contributed by atoms with E-state index in [1.54, 1.807) is 19.2 Å². The van der Waals surface area contributed by atoms with E-state index in [2.05, 4.69) is 21.2 Å². The molecule has 1 N–H and O–H groups in total. The largest absolute Gasteiger partial charge is 0.496 e. The van der Waals surface area contributed by atoms with Crippen LogP contribution < -0.4 is 14.8 Å². The first-order valence-corrected chi connectivity index (χ1v) is 5.30. The first kappa shape index (κ1) is 10.3. The van der Waals surface area contributed by atoms with Crippen molar-refractivity contribution in [3.63, 3.8) is 0 Å². The molecule has 15 heavy (non-hydrogen) atoms. The van der Waals surface area contributed by atoms with Crippen LogP contribution in [0.25, 0.3) is 0 Å². The van der Waals surface area contributed by atoms with Crippen LogP contribution in [0.1, 0.15) is 10.4 Å². The lowest BCUT2D eigenvalue weighted by Gasteiger charge is -2.09. The van der Waals surface area contributed by atoms with Gasteiger partial charge in [-0.05, 0) is 28.1 Å². The number of rotatable bonds is 1. The van der Waals surface area contributed by atoms with Crippen LogP contribution in [-0.4, -0.2) is 26.2 Å². The molecule has 0 fully saturated rings. The van der Waals surface area contributed by atoms with Crippen LogP contribution in [0.3, 0.4) is 0 Å². The molecular weight excluding hydrogens is 262 g/mol. The van der Waals surface area contributed by atoms with Crippen LogP contribution in [0.2, 0.25) is 0 Å².